The molecule has 0 aliphatic carbocycles. The predicted molar refractivity (Wildman–Crippen MR) is 121 cm³/mol. The second kappa shape index (κ2) is 14.0. The molecule has 8 N–H and O–H groups in total. The van der Waals surface area contributed by atoms with Gasteiger partial charge in [-0.25, -0.2) is 4.79 Å². The molecule has 0 aliphatic rings. The van der Waals surface area contributed by atoms with E-state index in [1.165, 1.54) is 7.11 Å². The Morgan fingerprint density at radius 3 is 2.21 bits per heavy atom. The average Bonchev–Trinajstić information content (AvgIpc) is 2.78. The van der Waals surface area contributed by atoms with Crippen LogP contribution in [0.3, 0.4) is 0 Å². The summed E-state index contributed by atoms with van der Waals surface area (Å²) in [5.74, 6) is -3.48. The number of aliphatic carboxylic acids is 1. The molecule has 0 bridgehead atoms. The zero-order valence-corrected chi connectivity index (χ0v) is 19.0. The van der Waals surface area contributed by atoms with Crippen molar-refractivity contribution in [2.24, 2.45) is 11.5 Å². The molecule has 4 amide bonds. The van der Waals surface area contributed by atoms with Crippen LogP contribution < -0.4 is 32.2 Å². The van der Waals surface area contributed by atoms with Crippen molar-refractivity contribution >= 4 is 42.2 Å². The van der Waals surface area contributed by atoms with E-state index < -0.39 is 54.3 Å². The van der Waals surface area contributed by atoms with E-state index in [1.807, 2.05) is 0 Å². The maximum Gasteiger partial charge on any atom is 0.326 e. The summed E-state index contributed by atoms with van der Waals surface area (Å²) in [6, 6.07) is 3.50. The van der Waals surface area contributed by atoms with E-state index in [0.717, 1.165) is 5.56 Å². The van der Waals surface area contributed by atoms with E-state index in [2.05, 4.69) is 28.6 Å². The molecule has 0 heterocycles. The van der Waals surface area contributed by atoms with Gasteiger partial charge in [-0.05, 0) is 30.5 Å². The molecule has 0 aromatic heterocycles. The van der Waals surface area contributed by atoms with Gasteiger partial charge in [0.15, 0.2) is 0 Å². The second-order valence-electron chi connectivity index (χ2n) is 7.08. The standard InChI is InChI=1S/C20H29N5O7S/c1-32-12-4-2-11(3-5-12)8-13(21)18(28)25-14(20(30)31)6-7-17(27)24-15(10-33)19(29)23-9-16(22)26/h2-5,13-15,33H,6-10,21H2,1H3,(H2,22,26)(H,23,29)(H,24,27)(H,25,28)(H,30,31)/t13-,14+,15+/m1/s1. The number of primary amides is 1. The molecule has 0 radical (unpaired) electrons. The van der Waals surface area contributed by atoms with Crippen molar-refractivity contribution in [2.75, 3.05) is 19.4 Å². The van der Waals surface area contributed by atoms with Crippen LogP contribution >= 0.6 is 12.6 Å². The number of carboxylic acids is 1. The number of hydrogen-bond donors (Lipinski definition) is 7. The molecule has 182 valence electrons. The summed E-state index contributed by atoms with van der Waals surface area (Å²) in [5.41, 5.74) is 11.6. The molecule has 0 aliphatic heterocycles. The topological polar surface area (TPSA) is 203 Å². The monoisotopic (exact) mass is 483 g/mol. The van der Waals surface area contributed by atoms with Crippen LogP contribution in [0.5, 0.6) is 5.75 Å². The van der Waals surface area contributed by atoms with Gasteiger partial charge in [-0.1, -0.05) is 12.1 Å². The highest BCUT2D eigenvalue weighted by Gasteiger charge is 2.25. The Hall–Kier alpha value is -3.32. The lowest BCUT2D eigenvalue weighted by molar-refractivity contribution is -0.142. The first-order valence-electron chi connectivity index (χ1n) is 9.95. The van der Waals surface area contributed by atoms with E-state index in [0.29, 0.717) is 5.75 Å². The Kier molecular flexibility index (Phi) is 11.7. The SMILES string of the molecule is COc1ccc(C[C@@H](N)C(=O)N[C@@H](CCC(=O)N[C@@H](CS)C(=O)NCC(N)=O)C(=O)O)cc1. The molecule has 1 aromatic rings. The van der Waals surface area contributed by atoms with Crippen LogP contribution in [0.4, 0.5) is 0 Å². The summed E-state index contributed by atoms with van der Waals surface area (Å²) in [5, 5.41) is 16.3. The van der Waals surface area contributed by atoms with Gasteiger partial charge in [-0.3, -0.25) is 19.2 Å². The maximum absolute atomic E-state index is 12.3. The van der Waals surface area contributed by atoms with Crippen molar-refractivity contribution < 1.29 is 33.8 Å². The van der Waals surface area contributed by atoms with Gasteiger partial charge in [0.1, 0.15) is 17.8 Å². The van der Waals surface area contributed by atoms with E-state index in [-0.39, 0.29) is 25.0 Å². The van der Waals surface area contributed by atoms with Crippen LogP contribution in [0.15, 0.2) is 24.3 Å². The van der Waals surface area contributed by atoms with Crippen LogP contribution in [-0.4, -0.2) is 72.2 Å². The summed E-state index contributed by atoms with van der Waals surface area (Å²) in [7, 11) is 1.53. The number of carbonyl (C=O) groups excluding carboxylic acids is 4. The Morgan fingerprint density at radius 1 is 1.06 bits per heavy atom. The third kappa shape index (κ3) is 10.2. The molecule has 3 atom stereocenters. The molecule has 33 heavy (non-hydrogen) atoms. The first kappa shape index (κ1) is 27.7. The average molecular weight is 484 g/mol. The molecule has 12 nitrogen and oxygen atoms in total. The summed E-state index contributed by atoms with van der Waals surface area (Å²) in [4.78, 5) is 58.6. The Bertz CT molecular complexity index is 850. The number of benzene rings is 1. The molecule has 0 unspecified atom stereocenters. The van der Waals surface area contributed by atoms with E-state index in [9.17, 15) is 29.1 Å². The normalized spacial score (nSPS) is 13.2. The quantitative estimate of drug-likeness (QED) is 0.146. The zero-order chi connectivity index (χ0) is 25.0. The second-order valence-corrected chi connectivity index (χ2v) is 7.45. The van der Waals surface area contributed by atoms with Gasteiger partial charge >= 0.3 is 5.97 Å². The molecule has 0 fully saturated rings. The number of carbonyl (C=O) groups is 5. The van der Waals surface area contributed by atoms with Crippen molar-refractivity contribution in [3.8, 4) is 5.75 Å². The van der Waals surface area contributed by atoms with Crippen molar-refractivity contribution in [3.05, 3.63) is 29.8 Å². The zero-order valence-electron chi connectivity index (χ0n) is 18.1. The lowest BCUT2D eigenvalue weighted by atomic mass is 10.0. The number of methoxy groups -OCH3 is 1. The number of amides is 4. The third-order valence-electron chi connectivity index (χ3n) is 4.50. The van der Waals surface area contributed by atoms with Crippen molar-refractivity contribution in [1.82, 2.24) is 16.0 Å². The first-order chi connectivity index (χ1) is 15.6. The highest BCUT2D eigenvalue weighted by atomic mass is 32.1. The van der Waals surface area contributed by atoms with Gasteiger partial charge in [0.25, 0.3) is 0 Å². The van der Waals surface area contributed by atoms with Crippen LogP contribution in [0, 0.1) is 0 Å². The van der Waals surface area contributed by atoms with E-state index in [4.69, 9.17) is 16.2 Å². The van der Waals surface area contributed by atoms with Gasteiger partial charge < -0.3 is 37.3 Å². The minimum atomic E-state index is -1.36. The lowest BCUT2D eigenvalue weighted by Crippen LogP contribution is -2.51. The van der Waals surface area contributed by atoms with Gasteiger partial charge in [-0.15, -0.1) is 0 Å². The molecular weight excluding hydrogens is 454 g/mol. The van der Waals surface area contributed by atoms with Crippen LogP contribution in [-0.2, 0) is 30.4 Å². The Balaban J connectivity index is 2.58. The summed E-state index contributed by atoms with van der Waals surface area (Å²) in [6.07, 6.45) is -0.352. The first-order valence-corrected chi connectivity index (χ1v) is 10.6. The molecule has 13 heteroatoms. The smallest absolute Gasteiger partial charge is 0.326 e. The molecule has 0 saturated heterocycles. The summed E-state index contributed by atoms with van der Waals surface area (Å²) < 4.78 is 5.06. The van der Waals surface area contributed by atoms with Crippen LogP contribution in [0.25, 0.3) is 0 Å². The number of nitrogens with two attached hydrogens (primary N) is 2. The number of nitrogens with one attached hydrogen (secondary N) is 3. The predicted octanol–water partition coefficient (Wildman–Crippen LogP) is -2.07. The van der Waals surface area contributed by atoms with Crippen molar-refractivity contribution in [3.63, 3.8) is 0 Å². The van der Waals surface area contributed by atoms with E-state index >= 15 is 0 Å². The molecule has 0 spiro atoms. The van der Waals surface area contributed by atoms with Crippen LogP contribution in [0.1, 0.15) is 18.4 Å². The van der Waals surface area contributed by atoms with Gasteiger partial charge in [0, 0.05) is 12.2 Å². The number of ether oxygens (including phenoxy) is 1. The van der Waals surface area contributed by atoms with Gasteiger partial charge in [-0.2, -0.15) is 12.6 Å². The number of carboxylic acid groups (broad SMARTS) is 1. The third-order valence-corrected chi connectivity index (χ3v) is 4.86. The largest absolute Gasteiger partial charge is 0.497 e. The number of thiol groups is 1. The van der Waals surface area contributed by atoms with E-state index in [1.54, 1.807) is 24.3 Å². The van der Waals surface area contributed by atoms with Crippen molar-refractivity contribution in [1.29, 1.82) is 0 Å². The van der Waals surface area contributed by atoms with Crippen LogP contribution in [0.2, 0.25) is 0 Å². The lowest BCUT2D eigenvalue weighted by Gasteiger charge is -2.19. The molecule has 1 aromatic carbocycles. The highest BCUT2D eigenvalue weighted by molar-refractivity contribution is 7.80. The van der Waals surface area contributed by atoms with Gasteiger partial charge in [0.2, 0.25) is 23.6 Å². The van der Waals surface area contributed by atoms with Gasteiger partial charge in [0.05, 0.1) is 19.7 Å². The molecule has 0 saturated carbocycles. The minimum Gasteiger partial charge on any atom is -0.497 e. The molecule has 1 rings (SSSR count). The number of hydrogen-bond acceptors (Lipinski definition) is 8. The fourth-order valence-corrected chi connectivity index (χ4v) is 2.93. The summed E-state index contributed by atoms with van der Waals surface area (Å²) >= 11 is 3.97. The number of rotatable bonds is 14. The minimum absolute atomic E-state index is 0.0599. The molecular formula is C20H29N5O7S. The summed E-state index contributed by atoms with van der Waals surface area (Å²) in [6.45, 7) is -0.400. The Labute approximate surface area is 196 Å². The fraction of sp³-hybridized carbons (Fsp3) is 0.450. The maximum atomic E-state index is 12.3. The highest BCUT2D eigenvalue weighted by Crippen LogP contribution is 2.12. The Morgan fingerprint density at radius 2 is 1.70 bits per heavy atom. The fourth-order valence-electron chi connectivity index (χ4n) is 2.68. The van der Waals surface area contributed by atoms with Crippen molar-refractivity contribution in [2.45, 2.75) is 37.4 Å².